The van der Waals surface area contributed by atoms with Crippen molar-refractivity contribution in [3.63, 3.8) is 0 Å². The van der Waals surface area contributed by atoms with E-state index >= 15 is 0 Å². The molecule has 0 saturated carbocycles. The van der Waals surface area contributed by atoms with Crippen molar-refractivity contribution < 1.29 is 48.7 Å². The molecule has 0 aromatic heterocycles. The van der Waals surface area contributed by atoms with Gasteiger partial charge >= 0.3 is 29.6 Å². The minimum atomic E-state index is -4.11. The van der Waals surface area contributed by atoms with Gasteiger partial charge in [0.25, 0.3) is 10.1 Å². The average Bonchev–Trinajstić information content (AvgIpc) is 2.16. The van der Waals surface area contributed by atoms with Crippen LogP contribution in [0.15, 0.2) is 29.2 Å². The molecule has 0 heterocycles. The molecule has 0 aliphatic carbocycles. The van der Waals surface area contributed by atoms with Crippen molar-refractivity contribution in [1.29, 1.82) is 0 Å². The molecule has 0 fully saturated rings. The standard InChI is InChI=1S/C11H16O4S.Na.H/c1-9(2)7-8-15-10-3-5-11(6-4-10)16(12,13)14;;/h3-6,9H,7-8H2,1-2H3,(H,12,13,14);;/q;+1;-1. The van der Waals surface area contributed by atoms with Crippen LogP contribution >= 0.6 is 0 Å². The van der Waals surface area contributed by atoms with Gasteiger partial charge in [-0.1, -0.05) is 13.8 Å². The molecule has 0 aliphatic rings. The Balaban J connectivity index is 0. The van der Waals surface area contributed by atoms with Crippen molar-refractivity contribution >= 4 is 10.1 Å². The van der Waals surface area contributed by atoms with E-state index in [4.69, 9.17) is 9.29 Å². The van der Waals surface area contributed by atoms with E-state index < -0.39 is 10.1 Å². The van der Waals surface area contributed by atoms with Crippen LogP contribution < -0.4 is 34.3 Å². The van der Waals surface area contributed by atoms with E-state index in [9.17, 15) is 8.42 Å². The Morgan fingerprint density at radius 1 is 1.29 bits per heavy atom. The maximum absolute atomic E-state index is 10.8. The molecule has 0 amide bonds. The maximum Gasteiger partial charge on any atom is 1.00 e. The summed E-state index contributed by atoms with van der Waals surface area (Å²) in [6.07, 6.45) is 0.944. The topological polar surface area (TPSA) is 63.6 Å². The molecule has 0 radical (unpaired) electrons. The van der Waals surface area contributed by atoms with Crippen LogP contribution in [0.3, 0.4) is 0 Å². The van der Waals surface area contributed by atoms with Crippen molar-refractivity contribution in [2.24, 2.45) is 5.92 Å². The second-order valence-electron chi connectivity index (χ2n) is 3.98. The van der Waals surface area contributed by atoms with Crippen molar-refractivity contribution in [2.75, 3.05) is 6.61 Å². The van der Waals surface area contributed by atoms with Gasteiger partial charge in [0, 0.05) is 0 Å². The van der Waals surface area contributed by atoms with E-state index in [1.807, 2.05) is 0 Å². The predicted octanol–water partition coefficient (Wildman–Crippen LogP) is -0.525. The van der Waals surface area contributed by atoms with E-state index in [0.29, 0.717) is 18.3 Å². The fraction of sp³-hybridized carbons (Fsp3) is 0.455. The maximum atomic E-state index is 10.8. The molecule has 0 spiro atoms. The van der Waals surface area contributed by atoms with Crippen LogP contribution in [0, 0.1) is 5.92 Å². The molecule has 17 heavy (non-hydrogen) atoms. The summed E-state index contributed by atoms with van der Waals surface area (Å²) in [7, 11) is -4.11. The van der Waals surface area contributed by atoms with Gasteiger partial charge in [0.2, 0.25) is 0 Å². The van der Waals surface area contributed by atoms with E-state index in [2.05, 4.69) is 13.8 Å². The summed E-state index contributed by atoms with van der Waals surface area (Å²) in [5.41, 5.74) is 0. The first kappa shape index (κ1) is 16.9. The summed E-state index contributed by atoms with van der Waals surface area (Å²) < 4.78 is 35.7. The molecule has 4 nitrogen and oxygen atoms in total. The Labute approximate surface area is 126 Å². The first-order valence-corrected chi connectivity index (χ1v) is 6.54. The molecule has 0 unspecified atom stereocenters. The Morgan fingerprint density at radius 2 is 1.82 bits per heavy atom. The molecule has 1 rings (SSSR count). The number of ether oxygens (including phenoxy) is 1. The van der Waals surface area contributed by atoms with Crippen LogP contribution in [0.1, 0.15) is 21.7 Å². The van der Waals surface area contributed by atoms with Crippen molar-refractivity contribution in [2.45, 2.75) is 25.2 Å². The van der Waals surface area contributed by atoms with Crippen LogP contribution in [0.4, 0.5) is 0 Å². The zero-order chi connectivity index (χ0) is 12.2. The van der Waals surface area contributed by atoms with Gasteiger partial charge in [-0.3, -0.25) is 4.55 Å². The van der Waals surface area contributed by atoms with Crippen molar-refractivity contribution in [3.05, 3.63) is 24.3 Å². The van der Waals surface area contributed by atoms with Gasteiger partial charge in [0.15, 0.2) is 0 Å². The minimum absolute atomic E-state index is 0. The third-order valence-electron chi connectivity index (χ3n) is 2.09. The molecule has 1 aromatic rings. The van der Waals surface area contributed by atoms with Crippen molar-refractivity contribution in [1.82, 2.24) is 0 Å². The fourth-order valence-corrected chi connectivity index (χ4v) is 1.60. The fourth-order valence-electron chi connectivity index (χ4n) is 1.12. The molecule has 0 atom stereocenters. The summed E-state index contributed by atoms with van der Waals surface area (Å²) in [5.74, 6) is 1.17. The summed E-state index contributed by atoms with van der Waals surface area (Å²) in [6.45, 7) is 4.80. The van der Waals surface area contributed by atoms with E-state index in [1.165, 1.54) is 24.3 Å². The average molecular weight is 268 g/mol. The quantitative estimate of drug-likeness (QED) is 0.576. The Kier molecular flexibility index (Phi) is 7.35. The molecular formula is C11H17NaO4S. The third kappa shape index (κ3) is 6.43. The van der Waals surface area contributed by atoms with Gasteiger partial charge < -0.3 is 6.16 Å². The van der Waals surface area contributed by atoms with E-state index in [0.717, 1.165) is 6.42 Å². The molecule has 92 valence electrons. The number of hydrogen-bond donors (Lipinski definition) is 1. The summed E-state index contributed by atoms with van der Waals surface area (Å²) in [5, 5.41) is 0. The van der Waals surface area contributed by atoms with Crippen LogP contribution in [0.5, 0.6) is 5.75 Å². The largest absolute Gasteiger partial charge is 1.00 e. The van der Waals surface area contributed by atoms with E-state index in [1.54, 1.807) is 0 Å². The normalized spacial score (nSPS) is 11.1. The molecule has 0 bridgehead atoms. The molecule has 1 aromatic carbocycles. The Hall–Kier alpha value is -0.0700. The Morgan fingerprint density at radius 3 is 2.24 bits per heavy atom. The van der Waals surface area contributed by atoms with Crippen LogP contribution in [-0.4, -0.2) is 19.6 Å². The van der Waals surface area contributed by atoms with Gasteiger partial charge in [-0.25, -0.2) is 0 Å². The van der Waals surface area contributed by atoms with Crippen LogP contribution in [0.2, 0.25) is 0 Å². The van der Waals surface area contributed by atoms with Gasteiger partial charge in [0.05, 0.1) is 11.5 Å². The second-order valence-corrected chi connectivity index (χ2v) is 5.40. The van der Waals surface area contributed by atoms with Crippen molar-refractivity contribution in [3.8, 4) is 5.75 Å². The van der Waals surface area contributed by atoms with E-state index in [-0.39, 0.29) is 35.9 Å². The molecule has 0 aliphatic heterocycles. The first-order chi connectivity index (χ1) is 7.39. The zero-order valence-electron chi connectivity index (χ0n) is 11.4. The predicted molar refractivity (Wildman–Crippen MR) is 62.3 cm³/mol. The molecular weight excluding hydrogens is 251 g/mol. The summed E-state index contributed by atoms with van der Waals surface area (Å²) in [4.78, 5) is -0.122. The van der Waals surface area contributed by atoms with Gasteiger partial charge in [0.1, 0.15) is 5.75 Å². The Bertz CT molecular complexity index is 431. The monoisotopic (exact) mass is 268 g/mol. The van der Waals surface area contributed by atoms with Gasteiger partial charge in [-0.05, 0) is 36.6 Å². The van der Waals surface area contributed by atoms with Gasteiger partial charge in [-0.15, -0.1) is 0 Å². The summed E-state index contributed by atoms with van der Waals surface area (Å²) >= 11 is 0. The van der Waals surface area contributed by atoms with Gasteiger partial charge in [-0.2, -0.15) is 8.42 Å². The molecule has 1 N–H and O–H groups in total. The minimum Gasteiger partial charge on any atom is -1.00 e. The third-order valence-corrected chi connectivity index (χ3v) is 2.95. The van der Waals surface area contributed by atoms with Crippen LogP contribution in [0.25, 0.3) is 0 Å². The smallest absolute Gasteiger partial charge is 1.00 e. The number of benzene rings is 1. The van der Waals surface area contributed by atoms with Crippen LogP contribution in [-0.2, 0) is 10.1 Å². The zero-order valence-corrected chi connectivity index (χ0v) is 13.2. The molecule has 6 heteroatoms. The number of rotatable bonds is 5. The number of hydrogen-bond acceptors (Lipinski definition) is 3. The first-order valence-electron chi connectivity index (χ1n) is 5.10. The molecule has 0 saturated heterocycles. The second kappa shape index (κ2) is 7.38. The SMILES string of the molecule is CC(C)CCOc1ccc(S(=O)(=O)O)cc1.[H-].[Na+]. The summed E-state index contributed by atoms with van der Waals surface area (Å²) in [6, 6.07) is 5.70.